The molecule has 124 valence electrons. The second kappa shape index (κ2) is 8.21. The smallest absolute Gasteiger partial charge is 0.298 e. The Labute approximate surface area is 137 Å². The summed E-state index contributed by atoms with van der Waals surface area (Å²) in [6, 6.07) is 11.8. The number of carbonyl (C=O) groups is 1. The number of ether oxygens (including phenoxy) is 1. The first-order chi connectivity index (χ1) is 10.8. The van der Waals surface area contributed by atoms with Crippen molar-refractivity contribution in [3.8, 4) is 0 Å². The quantitative estimate of drug-likeness (QED) is 0.871. The highest BCUT2D eigenvalue weighted by atomic mass is 31.2. The zero-order valence-corrected chi connectivity index (χ0v) is 15.1. The SMILES string of the molecule is COC.Cc1cc(C)c(C(=O)P(=O)(O)c2ccccc2)c(C)c1. The first kappa shape index (κ1) is 19.3. The molecule has 1 unspecified atom stereocenters. The number of carbonyl (C=O) groups excluding carboxylic acids is 1. The summed E-state index contributed by atoms with van der Waals surface area (Å²) < 4.78 is 16.8. The fourth-order valence-corrected chi connectivity index (χ4v) is 3.88. The predicted octanol–water partition coefficient (Wildman–Crippen LogP) is 3.61. The van der Waals surface area contributed by atoms with Gasteiger partial charge in [-0.25, -0.2) is 0 Å². The molecule has 0 saturated carbocycles. The van der Waals surface area contributed by atoms with Crippen LogP contribution in [0.25, 0.3) is 0 Å². The summed E-state index contributed by atoms with van der Waals surface area (Å²) in [5.41, 5.74) is 2.16. The average molecular weight is 334 g/mol. The van der Waals surface area contributed by atoms with Gasteiger partial charge in [0.15, 0.2) is 0 Å². The van der Waals surface area contributed by atoms with Crippen LogP contribution in [-0.4, -0.2) is 24.6 Å². The molecule has 1 atom stereocenters. The van der Waals surface area contributed by atoms with Gasteiger partial charge in [0, 0.05) is 25.1 Å². The first-order valence-electron chi connectivity index (χ1n) is 7.17. The van der Waals surface area contributed by atoms with E-state index in [1.165, 1.54) is 12.1 Å². The van der Waals surface area contributed by atoms with Crippen LogP contribution in [0.1, 0.15) is 27.0 Å². The molecule has 1 N–H and O–H groups in total. The molecular formula is C18H23O4P. The van der Waals surface area contributed by atoms with Gasteiger partial charge in [-0.2, -0.15) is 0 Å². The Morgan fingerprint density at radius 3 is 1.87 bits per heavy atom. The van der Waals surface area contributed by atoms with E-state index in [0.717, 1.165) is 16.7 Å². The van der Waals surface area contributed by atoms with Gasteiger partial charge in [0.05, 0.1) is 0 Å². The maximum absolute atomic E-state index is 12.5. The summed E-state index contributed by atoms with van der Waals surface area (Å²) >= 11 is 0. The van der Waals surface area contributed by atoms with E-state index in [-0.39, 0.29) is 5.30 Å². The molecule has 0 spiro atoms. The molecule has 23 heavy (non-hydrogen) atoms. The molecule has 2 rings (SSSR count). The lowest BCUT2D eigenvalue weighted by Crippen LogP contribution is -2.14. The molecule has 0 heterocycles. The first-order valence-corrected chi connectivity index (χ1v) is 8.83. The van der Waals surface area contributed by atoms with Crippen LogP contribution in [0, 0.1) is 20.8 Å². The van der Waals surface area contributed by atoms with Crippen LogP contribution in [0.4, 0.5) is 0 Å². The lowest BCUT2D eigenvalue weighted by molar-refractivity contribution is 0.106. The second-order valence-corrected chi connectivity index (χ2v) is 7.47. The van der Waals surface area contributed by atoms with Crippen LogP contribution in [0.2, 0.25) is 0 Å². The van der Waals surface area contributed by atoms with E-state index in [9.17, 15) is 14.3 Å². The molecule has 0 saturated heterocycles. The van der Waals surface area contributed by atoms with Crippen LogP contribution in [-0.2, 0) is 9.30 Å². The van der Waals surface area contributed by atoms with E-state index >= 15 is 0 Å². The van der Waals surface area contributed by atoms with Crippen LogP contribution in [0.3, 0.4) is 0 Å². The van der Waals surface area contributed by atoms with Crippen molar-refractivity contribution in [3.63, 3.8) is 0 Å². The van der Waals surface area contributed by atoms with Gasteiger partial charge in [0.1, 0.15) is 0 Å². The van der Waals surface area contributed by atoms with Crippen molar-refractivity contribution in [2.24, 2.45) is 0 Å². The molecule has 0 aliphatic rings. The van der Waals surface area contributed by atoms with Gasteiger partial charge in [-0.15, -0.1) is 0 Å². The van der Waals surface area contributed by atoms with E-state index in [4.69, 9.17) is 0 Å². The Kier molecular flexibility index (Phi) is 6.89. The van der Waals surface area contributed by atoms with E-state index in [1.54, 1.807) is 46.3 Å². The fraction of sp³-hybridized carbons (Fsp3) is 0.278. The van der Waals surface area contributed by atoms with Crippen molar-refractivity contribution < 1.29 is 19.0 Å². The van der Waals surface area contributed by atoms with Crippen molar-refractivity contribution in [2.45, 2.75) is 20.8 Å². The van der Waals surface area contributed by atoms with Gasteiger partial charge in [0.25, 0.3) is 12.9 Å². The highest BCUT2D eigenvalue weighted by Gasteiger charge is 2.33. The Balaban J connectivity index is 0.000000816. The maximum atomic E-state index is 12.5. The van der Waals surface area contributed by atoms with Crippen LogP contribution < -0.4 is 5.30 Å². The van der Waals surface area contributed by atoms with Crippen molar-refractivity contribution in [1.82, 2.24) is 0 Å². The Morgan fingerprint density at radius 1 is 1.00 bits per heavy atom. The van der Waals surface area contributed by atoms with E-state index in [0.29, 0.717) is 5.56 Å². The normalized spacial score (nSPS) is 12.8. The van der Waals surface area contributed by atoms with Crippen molar-refractivity contribution in [2.75, 3.05) is 14.2 Å². The molecule has 0 aliphatic heterocycles. The lowest BCUT2D eigenvalue weighted by Gasteiger charge is -2.15. The third kappa shape index (κ3) is 4.61. The van der Waals surface area contributed by atoms with Crippen molar-refractivity contribution >= 4 is 18.2 Å². The number of benzene rings is 2. The van der Waals surface area contributed by atoms with Crippen LogP contribution >= 0.6 is 7.37 Å². The zero-order chi connectivity index (χ0) is 17.6. The molecule has 4 nitrogen and oxygen atoms in total. The Bertz CT molecular complexity index is 700. The molecule has 0 bridgehead atoms. The molecule has 0 aromatic heterocycles. The lowest BCUT2D eigenvalue weighted by atomic mass is 10.0. The summed E-state index contributed by atoms with van der Waals surface area (Å²) in [5, 5.41) is 0.171. The van der Waals surface area contributed by atoms with Gasteiger partial charge in [0.2, 0.25) is 0 Å². The highest BCUT2D eigenvalue weighted by molar-refractivity contribution is 7.82. The van der Waals surface area contributed by atoms with Gasteiger partial charge in [-0.05, 0) is 44.0 Å². The standard InChI is InChI=1S/C16H17O3P.C2H6O/c1-11-9-12(2)15(13(3)10-11)16(17)20(18,19)14-7-5-4-6-8-14;1-3-2/h4-10H,1-3H3,(H,18,19);1-2H3. The average Bonchev–Trinajstić information content (AvgIpc) is 2.47. The van der Waals surface area contributed by atoms with Crippen molar-refractivity contribution in [3.05, 3.63) is 64.7 Å². The monoisotopic (exact) mass is 334 g/mol. The molecule has 0 aliphatic carbocycles. The summed E-state index contributed by atoms with van der Waals surface area (Å²) in [6.45, 7) is 5.51. The summed E-state index contributed by atoms with van der Waals surface area (Å²) in [5.74, 6) is 0. The molecule has 0 radical (unpaired) electrons. The number of methoxy groups -OCH3 is 1. The third-order valence-corrected chi connectivity index (χ3v) is 5.04. The van der Waals surface area contributed by atoms with Gasteiger partial charge in [-0.3, -0.25) is 9.36 Å². The topological polar surface area (TPSA) is 63.6 Å². The minimum atomic E-state index is -4.07. The van der Waals surface area contributed by atoms with Gasteiger partial charge < -0.3 is 9.63 Å². The number of rotatable bonds is 3. The molecule has 2 aromatic carbocycles. The third-order valence-electron chi connectivity index (χ3n) is 3.27. The van der Waals surface area contributed by atoms with Gasteiger partial charge in [-0.1, -0.05) is 35.9 Å². The molecule has 5 heteroatoms. The van der Waals surface area contributed by atoms with Crippen LogP contribution in [0.15, 0.2) is 42.5 Å². The molecular weight excluding hydrogens is 311 g/mol. The fourth-order valence-electron chi connectivity index (χ4n) is 2.42. The minimum absolute atomic E-state index is 0.171. The Hall–Kier alpha value is -1.74. The number of hydrogen-bond acceptors (Lipinski definition) is 3. The summed E-state index contributed by atoms with van der Waals surface area (Å²) in [7, 11) is -0.816. The number of hydrogen-bond donors (Lipinski definition) is 1. The number of aryl methyl sites for hydroxylation is 3. The molecule has 0 amide bonds. The largest absolute Gasteiger partial charge is 0.388 e. The van der Waals surface area contributed by atoms with Crippen molar-refractivity contribution in [1.29, 1.82) is 0 Å². The van der Waals surface area contributed by atoms with E-state index in [1.807, 2.05) is 19.1 Å². The summed E-state index contributed by atoms with van der Waals surface area (Å²) in [6.07, 6.45) is 0. The molecule has 0 fully saturated rings. The maximum Gasteiger partial charge on any atom is 0.298 e. The summed E-state index contributed by atoms with van der Waals surface area (Å²) in [4.78, 5) is 22.7. The second-order valence-electron chi connectivity index (χ2n) is 5.40. The molecule has 2 aromatic rings. The Morgan fingerprint density at radius 2 is 1.43 bits per heavy atom. The van der Waals surface area contributed by atoms with Gasteiger partial charge >= 0.3 is 0 Å². The predicted molar refractivity (Wildman–Crippen MR) is 93.8 cm³/mol. The van der Waals surface area contributed by atoms with E-state index < -0.39 is 12.9 Å². The highest BCUT2D eigenvalue weighted by Crippen LogP contribution is 2.44. The minimum Gasteiger partial charge on any atom is -0.388 e. The van der Waals surface area contributed by atoms with Crippen LogP contribution in [0.5, 0.6) is 0 Å². The zero-order valence-electron chi connectivity index (χ0n) is 14.2. The van der Waals surface area contributed by atoms with E-state index in [2.05, 4.69) is 4.74 Å².